The van der Waals surface area contributed by atoms with Crippen LogP contribution in [-0.4, -0.2) is 47.5 Å². The first-order valence-corrected chi connectivity index (χ1v) is 12.2. The van der Waals surface area contributed by atoms with Crippen molar-refractivity contribution in [2.24, 2.45) is 0 Å². The highest BCUT2D eigenvalue weighted by Crippen LogP contribution is 2.30. The van der Waals surface area contributed by atoms with Crippen molar-refractivity contribution < 1.29 is 38.9 Å². The molecule has 0 aliphatic rings. The van der Waals surface area contributed by atoms with Crippen LogP contribution in [0, 0.1) is 0 Å². The van der Waals surface area contributed by atoms with E-state index >= 15 is 0 Å². The Balaban J connectivity index is 1.87. The van der Waals surface area contributed by atoms with Gasteiger partial charge >= 0.3 is 6.09 Å². The summed E-state index contributed by atoms with van der Waals surface area (Å²) in [5.74, 6) is -0.267. The fourth-order valence-electron chi connectivity index (χ4n) is 3.61. The largest absolute Gasteiger partial charge is 0.491 e. The first-order valence-electron chi connectivity index (χ1n) is 12.2. The minimum absolute atomic E-state index is 0.122. The number of benzene rings is 3. The molecule has 3 amide bonds. The minimum atomic E-state index is -0.972. The van der Waals surface area contributed by atoms with E-state index in [1.54, 1.807) is 84.9 Å². The molecule has 3 aromatic rings. The fraction of sp³-hybridized carbons (Fsp3) is 0.207. The molecule has 0 saturated carbocycles. The molecule has 0 spiro atoms. The number of hydrogen-bond donors (Lipinski definition) is 4. The van der Waals surface area contributed by atoms with Gasteiger partial charge in [0.15, 0.2) is 6.10 Å². The zero-order chi connectivity index (χ0) is 27.9. The predicted octanol–water partition coefficient (Wildman–Crippen LogP) is 3.95. The van der Waals surface area contributed by atoms with E-state index in [0.29, 0.717) is 35.5 Å². The third-order valence-corrected chi connectivity index (χ3v) is 5.42. The van der Waals surface area contributed by atoms with Gasteiger partial charge in [0.2, 0.25) is 0 Å². The molecule has 0 aliphatic heterocycles. The standard InChI is InChI=1S/C29H30N2O8/c32-19-20-37-23-17-15-21(16-18-23)27(39-29(35)30-28(34)22-9-3-1-4-10-22)25(13-7-8-14-26(33)31-36)38-24-11-5-2-6-12-24/h1-6,8-12,14-18,25,27,32,36H,7,13,19-20H2,(H,31,33)(H,30,34,35)/b14-8+/t25-,27-/m1/s1. The molecule has 3 aromatic carbocycles. The Morgan fingerprint density at radius 3 is 2.18 bits per heavy atom. The molecule has 39 heavy (non-hydrogen) atoms. The smallest absolute Gasteiger partial charge is 0.414 e. The van der Waals surface area contributed by atoms with E-state index < -0.39 is 30.1 Å². The number of hydrogen-bond acceptors (Lipinski definition) is 8. The van der Waals surface area contributed by atoms with E-state index in [1.165, 1.54) is 11.6 Å². The maximum Gasteiger partial charge on any atom is 0.414 e. The first-order chi connectivity index (χ1) is 19.0. The topological polar surface area (TPSA) is 143 Å². The van der Waals surface area contributed by atoms with Crippen molar-refractivity contribution in [2.45, 2.75) is 25.0 Å². The number of amides is 3. The zero-order valence-corrected chi connectivity index (χ0v) is 21.1. The predicted molar refractivity (Wildman–Crippen MR) is 141 cm³/mol. The van der Waals surface area contributed by atoms with Gasteiger partial charge in [-0.15, -0.1) is 0 Å². The number of nitrogens with one attached hydrogen (secondary N) is 2. The maximum absolute atomic E-state index is 12.9. The summed E-state index contributed by atoms with van der Waals surface area (Å²) in [6.45, 7) is -0.0192. The molecule has 2 atom stereocenters. The van der Waals surface area contributed by atoms with E-state index in [-0.39, 0.29) is 13.2 Å². The van der Waals surface area contributed by atoms with Gasteiger partial charge in [-0.05, 0) is 54.8 Å². The van der Waals surface area contributed by atoms with Crippen LogP contribution in [0.1, 0.15) is 34.9 Å². The van der Waals surface area contributed by atoms with E-state index in [4.69, 9.17) is 24.5 Å². The number of carbonyl (C=O) groups is 3. The van der Waals surface area contributed by atoms with Gasteiger partial charge in [0.05, 0.1) is 6.61 Å². The first kappa shape index (κ1) is 28.9. The molecule has 0 aromatic heterocycles. The number of allylic oxidation sites excluding steroid dienone is 1. The van der Waals surface area contributed by atoms with Crippen molar-refractivity contribution in [3.8, 4) is 11.5 Å². The molecular weight excluding hydrogens is 504 g/mol. The van der Waals surface area contributed by atoms with Crippen molar-refractivity contribution in [1.82, 2.24) is 10.8 Å². The Kier molecular flexibility index (Phi) is 11.5. The van der Waals surface area contributed by atoms with Gasteiger partial charge in [0, 0.05) is 11.6 Å². The number of rotatable bonds is 13. The highest BCUT2D eigenvalue weighted by atomic mass is 16.6. The van der Waals surface area contributed by atoms with E-state index in [0.717, 1.165) is 0 Å². The minimum Gasteiger partial charge on any atom is -0.491 e. The second-order valence-corrected chi connectivity index (χ2v) is 8.21. The number of para-hydroxylation sites is 1. The fourth-order valence-corrected chi connectivity index (χ4v) is 3.61. The Labute approximate surface area is 225 Å². The third-order valence-electron chi connectivity index (χ3n) is 5.42. The van der Waals surface area contributed by atoms with E-state index in [9.17, 15) is 14.4 Å². The Bertz CT molecular complexity index is 1220. The molecule has 0 aliphatic carbocycles. The van der Waals surface area contributed by atoms with Gasteiger partial charge in [0.1, 0.15) is 24.2 Å². The Morgan fingerprint density at radius 2 is 1.54 bits per heavy atom. The van der Waals surface area contributed by atoms with Crippen molar-refractivity contribution >= 4 is 17.9 Å². The molecule has 0 bridgehead atoms. The number of aliphatic hydroxyl groups excluding tert-OH is 1. The molecule has 3 rings (SSSR count). The van der Waals surface area contributed by atoms with Crippen molar-refractivity contribution in [3.63, 3.8) is 0 Å². The van der Waals surface area contributed by atoms with Gasteiger partial charge in [-0.25, -0.2) is 10.3 Å². The van der Waals surface area contributed by atoms with Gasteiger partial charge in [-0.1, -0.05) is 54.6 Å². The van der Waals surface area contributed by atoms with Crippen LogP contribution in [0.2, 0.25) is 0 Å². The second-order valence-electron chi connectivity index (χ2n) is 8.21. The van der Waals surface area contributed by atoms with Crippen LogP contribution in [0.3, 0.4) is 0 Å². The number of hydroxylamine groups is 1. The molecule has 4 N–H and O–H groups in total. The Morgan fingerprint density at radius 1 is 0.872 bits per heavy atom. The highest BCUT2D eigenvalue weighted by Gasteiger charge is 2.29. The summed E-state index contributed by atoms with van der Waals surface area (Å²) in [4.78, 5) is 36.8. The van der Waals surface area contributed by atoms with Crippen molar-refractivity contribution in [2.75, 3.05) is 13.2 Å². The molecule has 10 heteroatoms. The molecule has 10 nitrogen and oxygen atoms in total. The average Bonchev–Trinajstić information content (AvgIpc) is 2.97. The molecular formula is C29H30N2O8. The second kappa shape index (κ2) is 15.6. The van der Waals surface area contributed by atoms with Crippen molar-refractivity contribution in [3.05, 3.63) is 108 Å². The van der Waals surface area contributed by atoms with Crippen LogP contribution in [0.15, 0.2) is 97.1 Å². The third kappa shape index (κ3) is 9.62. The lowest BCUT2D eigenvalue weighted by Crippen LogP contribution is -2.36. The SMILES string of the molecule is O=C(/C=C/CC[C@@H](Oc1ccccc1)[C@H](OC(=O)NC(=O)c1ccccc1)c1ccc(OCCO)cc1)NO. The van der Waals surface area contributed by atoms with Crippen LogP contribution in [0.4, 0.5) is 4.79 Å². The van der Waals surface area contributed by atoms with E-state index in [2.05, 4.69) is 5.32 Å². The summed E-state index contributed by atoms with van der Waals surface area (Å²) in [5.41, 5.74) is 2.38. The molecule has 204 valence electrons. The Hall–Kier alpha value is -4.67. The van der Waals surface area contributed by atoms with Crippen molar-refractivity contribution in [1.29, 1.82) is 0 Å². The monoisotopic (exact) mass is 534 g/mol. The lowest BCUT2D eigenvalue weighted by Gasteiger charge is -2.28. The molecule has 0 fully saturated rings. The van der Waals surface area contributed by atoms with Gasteiger partial charge in [-0.2, -0.15) is 0 Å². The van der Waals surface area contributed by atoms with Gasteiger partial charge < -0.3 is 19.3 Å². The summed E-state index contributed by atoms with van der Waals surface area (Å²) in [5, 5.41) is 20.0. The summed E-state index contributed by atoms with van der Waals surface area (Å²) in [6.07, 6.45) is 0.691. The lowest BCUT2D eigenvalue weighted by atomic mass is 10.00. The lowest BCUT2D eigenvalue weighted by molar-refractivity contribution is -0.124. The van der Waals surface area contributed by atoms with Crippen LogP contribution < -0.4 is 20.3 Å². The zero-order valence-electron chi connectivity index (χ0n) is 21.1. The molecule has 0 saturated heterocycles. The number of alkyl carbamates (subject to hydrolysis) is 1. The number of aliphatic hydroxyl groups is 1. The highest BCUT2D eigenvalue weighted by molar-refractivity contribution is 6.02. The maximum atomic E-state index is 12.9. The van der Waals surface area contributed by atoms with Gasteiger partial charge in [-0.3, -0.25) is 20.1 Å². The average molecular weight is 535 g/mol. The number of carbonyl (C=O) groups excluding carboxylic acids is 3. The van der Waals surface area contributed by atoms with Crippen LogP contribution in [-0.2, 0) is 9.53 Å². The summed E-state index contributed by atoms with van der Waals surface area (Å²) in [7, 11) is 0. The van der Waals surface area contributed by atoms with Crippen LogP contribution in [0.5, 0.6) is 11.5 Å². The van der Waals surface area contributed by atoms with E-state index in [1.807, 2.05) is 6.07 Å². The molecule has 0 unspecified atom stereocenters. The summed E-state index contributed by atoms with van der Waals surface area (Å²) < 4.78 is 17.4. The van der Waals surface area contributed by atoms with Crippen LogP contribution >= 0.6 is 0 Å². The van der Waals surface area contributed by atoms with Crippen LogP contribution in [0.25, 0.3) is 0 Å². The summed E-state index contributed by atoms with van der Waals surface area (Å²) >= 11 is 0. The molecule has 0 heterocycles. The summed E-state index contributed by atoms with van der Waals surface area (Å²) in [6, 6.07) is 23.9. The van der Waals surface area contributed by atoms with Gasteiger partial charge in [0.25, 0.3) is 11.8 Å². The molecule has 0 radical (unpaired) electrons. The normalized spacial score (nSPS) is 12.3. The quantitative estimate of drug-likeness (QED) is 0.147. The number of imide groups is 1. The number of ether oxygens (including phenoxy) is 3.